The number of hydrogen-bond acceptors (Lipinski definition) is 4. The maximum Gasteiger partial charge on any atom is 0.251 e. The summed E-state index contributed by atoms with van der Waals surface area (Å²) in [5.74, 6) is 0.636. The molecule has 2 rings (SSSR count). The number of nitrogens with one attached hydrogen (secondary N) is 2. The second-order valence-corrected chi connectivity index (χ2v) is 6.92. The second-order valence-electron chi connectivity index (χ2n) is 5.89. The van der Waals surface area contributed by atoms with Crippen molar-refractivity contribution in [1.29, 1.82) is 0 Å². The van der Waals surface area contributed by atoms with E-state index in [0.29, 0.717) is 17.9 Å². The van der Waals surface area contributed by atoms with Gasteiger partial charge < -0.3 is 10.6 Å². The third-order valence-electron chi connectivity index (χ3n) is 3.12. The Balaban J connectivity index is 2.19. The quantitative estimate of drug-likeness (QED) is 0.910. The summed E-state index contributed by atoms with van der Waals surface area (Å²) in [7, 11) is 1.81. The molecule has 0 radical (unpaired) electrons. The van der Waals surface area contributed by atoms with Crippen LogP contribution >= 0.6 is 11.3 Å². The van der Waals surface area contributed by atoms with Gasteiger partial charge in [-0.05, 0) is 23.6 Å². The molecule has 2 heterocycles. The summed E-state index contributed by atoms with van der Waals surface area (Å²) in [6.07, 6.45) is 0. The van der Waals surface area contributed by atoms with Gasteiger partial charge >= 0.3 is 0 Å². The Morgan fingerprint density at radius 1 is 1.33 bits per heavy atom. The van der Waals surface area contributed by atoms with Crippen molar-refractivity contribution in [3.05, 3.63) is 45.8 Å². The number of hydrogen-bond donors (Lipinski definition) is 2. The lowest BCUT2D eigenvalue weighted by atomic mass is 9.90. The van der Waals surface area contributed by atoms with Crippen LogP contribution in [-0.2, 0) is 12.0 Å². The largest absolute Gasteiger partial charge is 0.373 e. The van der Waals surface area contributed by atoms with Crippen LogP contribution in [0.1, 0.15) is 41.7 Å². The molecule has 112 valence electrons. The number of rotatable bonds is 4. The lowest BCUT2D eigenvalue weighted by molar-refractivity contribution is 0.0951. The van der Waals surface area contributed by atoms with E-state index in [-0.39, 0.29) is 11.3 Å². The highest BCUT2D eigenvalue weighted by Crippen LogP contribution is 2.23. The fraction of sp³-hybridized carbons (Fsp3) is 0.375. The fourth-order valence-electron chi connectivity index (χ4n) is 1.86. The topological polar surface area (TPSA) is 54.0 Å². The summed E-state index contributed by atoms with van der Waals surface area (Å²) >= 11 is 1.64. The molecule has 0 aliphatic carbocycles. The Kier molecular flexibility index (Phi) is 4.63. The molecular formula is C16H21N3OS. The molecule has 0 unspecified atom stereocenters. The van der Waals surface area contributed by atoms with Gasteiger partial charge in [-0.2, -0.15) is 0 Å². The van der Waals surface area contributed by atoms with Gasteiger partial charge in [0.25, 0.3) is 5.91 Å². The number of carbonyl (C=O) groups excluding carboxylic acids is 1. The van der Waals surface area contributed by atoms with Crippen LogP contribution in [0.25, 0.3) is 0 Å². The maximum absolute atomic E-state index is 12.3. The molecule has 21 heavy (non-hydrogen) atoms. The molecule has 2 aromatic rings. The first kappa shape index (κ1) is 15.5. The summed E-state index contributed by atoms with van der Waals surface area (Å²) in [6.45, 7) is 6.81. The number of aromatic nitrogens is 1. The van der Waals surface area contributed by atoms with Crippen LogP contribution in [0.5, 0.6) is 0 Å². The van der Waals surface area contributed by atoms with E-state index in [0.717, 1.165) is 10.6 Å². The molecule has 0 aliphatic heterocycles. The lowest BCUT2D eigenvalue weighted by Gasteiger charge is -2.19. The van der Waals surface area contributed by atoms with Crippen LogP contribution in [0.15, 0.2) is 29.6 Å². The van der Waals surface area contributed by atoms with E-state index in [1.54, 1.807) is 17.4 Å². The highest BCUT2D eigenvalue weighted by Gasteiger charge is 2.19. The molecule has 0 aromatic carbocycles. The monoisotopic (exact) mass is 303 g/mol. The first-order valence-electron chi connectivity index (χ1n) is 6.91. The van der Waals surface area contributed by atoms with Crippen molar-refractivity contribution in [1.82, 2.24) is 10.3 Å². The number of anilines is 1. The Morgan fingerprint density at radius 3 is 2.67 bits per heavy atom. The Morgan fingerprint density at radius 2 is 2.10 bits per heavy atom. The van der Waals surface area contributed by atoms with Crippen LogP contribution < -0.4 is 10.6 Å². The van der Waals surface area contributed by atoms with Gasteiger partial charge in [0.1, 0.15) is 5.82 Å². The average Bonchev–Trinajstić information content (AvgIpc) is 2.96. The SMILES string of the molecule is CNc1cc(C(=O)NCc2cccs2)cc(C(C)(C)C)n1. The molecular weight excluding hydrogens is 282 g/mol. The first-order chi connectivity index (χ1) is 9.90. The van der Waals surface area contributed by atoms with Gasteiger partial charge in [-0.3, -0.25) is 4.79 Å². The summed E-state index contributed by atoms with van der Waals surface area (Å²) in [5.41, 5.74) is 1.43. The van der Waals surface area contributed by atoms with E-state index in [1.807, 2.05) is 30.6 Å². The van der Waals surface area contributed by atoms with Gasteiger partial charge in [-0.15, -0.1) is 11.3 Å². The van der Waals surface area contributed by atoms with Gasteiger partial charge in [0, 0.05) is 28.6 Å². The first-order valence-corrected chi connectivity index (χ1v) is 7.79. The number of carbonyl (C=O) groups is 1. The predicted molar refractivity (Wildman–Crippen MR) is 88.0 cm³/mol. The minimum Gasteiger partial charge on any atom is -0.373 e. The molecule has 4 nitrogen and oxygen atoms in total. The molecule has 0 fully saturated rings. The average molecular weight is 303 g/mol. The Labute approximate surface area is 129 Å². The van der Waals surface area contributed by atoms with Gasteiger partial charge in [0.15, 0.2) is 0 Å². The van der Waals surface area contributed by atoms with Gasteiger partial charge in [-0.1, -0.05) is 26.8 Å². The zero-order chi connectivity index (χ0) is 15.5. The van der Waals surface area contributed by atoms with Gasteiger partial charge in [-0.25, -0.2) is 4.98 Å². The standard InChI is InChI=1S/C16H21N3OS/c1-16(2,3)13-8-11(9-14(17-4)19-13)15(20)18-10-12-6-5-7-21-12/h5-9H,10H2,1-4H3,(H,17,19)(H,18,20). The molecule has 0 aliphatic rings. The second kappa shape index (κ2) is 6.26. The highest BCUT2D eigenvalue weighted by molar-refractivity contribution is 7.09. The molecule has 0 saturated carbocycles. The fourth-order valence-corrected chi connectivity index (χ4v) is 2.50. The van der Waals surface area contributed by atoms with E-state index in [1.165, 1.54) is 0 Å². The molecule has 1 amide bonds. The molecule has 0 atom stereocenters. The maximum atomic E-state index is 12.3. The number of thiophene rings is 1. The number of nitrogens with zero attached hydrogens (tertiary/aromatic N) is 1. The van der Waals surface area contributed by atoms with Crippen molar-refractivity contribution < 1.29 is 4.79 Å². The van der Waals surface area contributed by atoms with E-state index >= 15 is 0 Å². The van der Waals surface area contributed by atoms with Crippen molar-refractivity contribution in [3.8, 4) is 0 Å². The zero-order valence-electron chi connectivity index (χ0n) is 12.9. The number of pyridine rings is 1. The van der Waals surface area contributed by atoms with E-state index < -0.39 is 0 Å². The van der Waals surface area contributed by atoms with E-state index in [9.17, 15) is 4.79 Å². The highest BCUT2D eigenvalue weighted by atomic mass is 32.1. The normalized spacial score (nSPS) is 11.2. The predicted octanol–water partition coefficient (Wildman–Crippen LogP) is 3.41. The summed E-state index contributed by atoms with van der Waals surface area (Å²) in [5, 5.41) is 7.97. The van der Waals surface area contributed by atoms with E-state index in [4.69, 9.17) is 0 Å². The van der Waals surface area contributed by atoms with Gasteiger partial charge in [0.2, 0.25) is 0 Å². The summed E-state index contributed by atoms with van der Waals surface area (Å²) in [6, 6.07) is 7.64. The lowest BCUT2D eigenvalue weighted by Crippen LogP contribution is -2.24. The van der Waals surface area contributed by atoms with E-state index in [2.05, 4.69) is 36.4 Å². The minimum absolute atomic E-state index is 0.0761. The van der Waals surface area contributed by atoms with Crippen molar-refractivity contribution in [2.45, 2.75) is 32.7 Å². The molecule has 5 heteroatoms. The van der Waals surface area contributed by atoms with Crippen LogP contribution in [0.4, 0.5) is 5.82 Å². The molecule has 2 N–H and O–H groups in total. The zero-order valence-corrected chi connectivity index (χ0v) is 13.7. The van der Waals surface area contributed by atoms with Crippen molar-refractivity contribution in [3.63, 3.8) is 0 Å². The molecule has 0 bridgehead atoms. The molecule has 0 spiro atoms. The number of amides is 1. The van der Waals surface area contributed by atoms with Crippen LogP contribution in [0, 0.1) is 0 Å². The minimum atomic E-state index is -0.102. The molecule has 0 saturated heterocycles. The Bertz CT molecular complexity index is 615. The van der Waals surface area contributed by atoms with Gasteiger partial charge in [0.05, 0.1) is 6.54 Å². The van der Waals surface area contributed by atoms with Crippen LogP contribution in [0.3, 0.4) is 0 Å². The Hall–Kier alpha value is -1.88. The third-order valence-corrected chi connectivity index (χ3v) is 3.99. The smallest absolute Gasteiger partial charge is 0.251 e. The summed E-state index contributed by atoms with van der Waals surface area (Å²) in [4.78, 5) is 18.0. The van der Waals surface area contributed by atoms with Crippen LogP contribution in [-0.4, -0.2) is 17.9 Å². The molecule has 2 aromatic heterocycles. The third kappa shape index (κ3) is 4.04. The van der Waals surface area contributed by atoms with Crippen LogP contribution in [0.2, 0.25) is 0 Å². The van der Waals surface area contributed by atoms with Crippen molar-refractivity contribution in [2.24, 2.45) is 0 Å². The summed E-state index contributed by atoms with van der Waals surface area (Å²) < 4.78 is 0. The van der Waals surface area contributed by atoms with Crippen molar-refractivity contribution in [2.75, 3.05) is 12.4 Å². The van der Waals surface area contributed by atoms with Crippen molar-refractivity contribution >= 4 is 23.1 Å².